The van der Waals surface area contributed by atoms with Crippen molar-refractivity contribution in [2.45, 2.75) is 12.2 Å². The lowest BCUT2D eigenvalue weighted by atomic mass is 10.3. The summed E-state index contributed by atoms with van der Waals surface area (Å²) < 4.78 is 29.9. The summed E-state index contributed by atoms with van der Waals surface area (Å²) in [7, 11) is -4.02. The van der Waals surface area contributed by atoms with E-state index in [0.29, 0.717) is 0 Å². The van der Waals surface area contributed by atoms with Gasteiger partial charge in [0, 0.05) is 0 Å². The molecule has 0 aliphatic rings. The molecule has 1 rings (SSSR count). The third-order valence-electron chi connectivity index (χ3n) is 1.79. The summed E-state index contributed by atoms with van der Waals surface area (Å²) in [6, 6.07) is 9.04. The first-order chi connectivity index (χ1) is 7.00. The minimum Gasteiger partial charge on any atom is -0.285 e. The molecule has 0 heterocycles. The van der Waals surface area contributed by atoms with Crippen LogP contribution < -0.4 is 5.48 Å². The van der Waals surface area contributed by atoms with E-state index in [9.17, 15) is 8.42 Å². The van der Waals surface area contributed by atoms with Crippen LogP contribution in [-0.2, 0) is 15.0 Å². The normalized spacial score (nSPS) is 13.5. The molecule has 0 saturated carbocycles. The van der Waals surface area contributed by atoms with Gasteiger partial charge in [0.2, 0.25) is 0 Å². The van der Waals surface area contributed by atoms with Crippen LogP contribution in [0.2, 0.25) is 0 Å². The Morgan fingerprint density at radius 2 is 2.00 bits per heavy atom. The standard InChI is InChI=1S/C9H13NO4S/c1-8(15(11,12)13)7-14-10-9-5-3-2-4-6-9/h2-6,8,10H,7H2,1H3,(H,11,12,13). The number of hydrogen-bond donors (Lipinski definition) is 2. The van der Waals surface area contributed by atoms with Gasteiger partial charge in [-0.25, -0.2) is 0 Å². The van der Waals surface area contributed by atoms with Gasteiger partial charge in [0.25, 0.3) is 10.1 Å². The molecule has 0 amide bonds. The lowest BCUT2D eigenvalue weighted by Gasteiger charge is -2.10. The molecule has 84 valence electrons. The fraction of sp³-hybridized carbons (Fsp3) is 0.333. The third kappa shape index (κ3) is 4.28. The molecule has 0 aliphatic heterocycles. The summed E-state index contributed by atoms with van der Waals surface area (Å²) >= 11 is 0. The molecular formula is C9H13NO4S. The van der Waals surface area contributed by atoms with E-state index in [1.165, 1.54) is 6.92 Å². The van der Waals surface area contributed by atoms with Crippen LogP contribution in [0, 0.1) is 0 Å². The van der Waals surface area contributed by atoms with Crippen LogP contribution in [0.1, 0.15) is 6.92 Å². The summed E-state index contributed by atoms with van der Waals surface area (Å²) in [5.74, 6) is 0. The molecule has 2 N–H and O–H groups in total. The van der Waals surface area contributed by atoms with Gasteiger partial charge in [-0.1, -0.05) is 18.2 Å². The zero-order valence-corrected chi connectivity index (χ0v) is 9.07. The summed E-state index contributed by atoms with van der Waals surface area (Å²) in [6.07, 6.45) is 0. The predicted molar refractivity (Wildman–Crippen MR) is 57.0 cm³/mol. The van der Waals surface area contributed by atoms with Gasteiger partial charge < -0.3 is 0 Å². The van der Waals surface area contributed by atoms with Crippen molar-refractivity contribution in [3.8, 4) is 0 Å². The monoisotopic (exact) mass is 231 g/mol. The van der Waals surface area contributed by atoms with Gasteiger partial charge in [0.05, 0.1) is 12.3 Å². The van der Waals surface area contributed by atoms with Crippen LogP contribution in [0.5, 0.6) is 0 Å². The maximum Gasteiger partial charge on any atom is 0.269 e. The van der Waals surface area contributed by atoms with Crippen molar-refractivity contribution in [2.75, 3.05) is 12.1 Å². The second kappa shape index (κ2) is 5.11. The number of para-hydroxylation sites is 1. The lowest BCUT2D eigenvalue weighted by Crippen LogP contribution is -2.23. The van der Waals surface area contributed by atoms with E-state index >= 15 is 0 Å². The van der Waals surface area contributed by atoms with Crippen LogP contribution in [0.15, 0.2) is 30.3 Å². The second-order valence-electron chi connectivity index (χ2n) is 3.10. The van der Waals surface area contributed by atoms with Crippen LogP contribution in [0.3, 0.4) is 0 Å². The quantitative estimate of drug-likeness (QED) is 0.590. The average molecular weight is 231 g/mol. The van der Waals surface area contributed by atoms with Crippen molar-refractivity contribution < 1.29 is 17.8 Å². The summed E-state index contributed by atoms with van der Waals surface area (Å²) in [4.78, 5) is 4.92. The van der Waals surface area contributed by atoms with Gasteiger partial charge in [0.1, 0.15) is 5.25 Å². The van der Waals surface area contributed by atoms with Gasteiger partial charge in [-0.05, 0) is 19.1 Å². The Balaban J connectivity index is 2.35. The first-order valence-corrected chi connectivity index (χ1v) is 5.89. The maximum absolute atomic E-state index is 10.6. The second-order valence-corrected chi connectivity index (χ2v) is 4.94. The molecule has 1 unspecified atom stereocenters. The number of benzene rings is 1. The predicted octanol–water partition coefficient (Wildman–Crippen LogP) is 1.31. The van der Waals surface area contributed by atoms with Crippen molar-refractivity contribution >= 4 is 15.8 Å². The summed E-state index contributed by atoms with van der Waals surface area (Å²) in [5, 5.41) is -0.950. The van der Waals surface area contributed by atoms with E-state index in [4.69, 9.17) is 9.39 Å². The minimum absolute atomic E-state index is 0.117. The van der Waals surface area contributed by atoms with Crippen LogP contribution >= 0.6 is 0 Å². The van der Waals surface area contributed by atoms with Crippen LogP contribution in [0.25, 0.3) is 0 Å². The Morgan fingerprint density at radius 1 is 1.40 bits per heavy atom. The molecule has 0 aliphatic carbocycles. The van der Waals surface area contributed by atoms with Gasteiger partial charge in [0.15, 0.2) is 0 Å². The van der Waals surface area contributed by atoms with E-state index in [1.807, 2.05) is 18.2 Å². The maximum atomic E-state index is 10.6. The van der Waals surface area contributed by atoms with Crippen molar-refractivity contribution in [1.82, 2.24) is 0 Å². The molecule has 0 spiro atoms. The van der Waals surface area contributed by atoms with E-state index in [1.54, 1.807) is 12.1 Å². The van der Waals surface area contributed by atoms with Crippen molar-refractivity contribution in [3.63, 3.8) is 0 Å². The zero-order chi connectivity index (χ0) is 11.3. The molecule has 0 aromatic heterocycles. The summed E-state index contributed by atoms with van der Waals surface area (Å²) in [6.45, 7) is 1.25. The molecule has 0 radical (unpaired) electrons. The molecule has 0 fully saturated rings. The van der Waals surface area contributed by atoms with Gasteiger partial charge >= 0.3 is 0 Å². The number of anilines is 1. The Labute approximate surface area is 88.8 Å². The van der Waals surface area contributed by atoms with E-state index in [2.05, 4.69) is 5.48 Å². The van der Waals surface area contributed by atoms with Crippen molar-refractivity contribution in [2.24, 2.45) is 0 Å². The van der Waals surface area contributed by atoms with Crippen LogP contribution in [-0.4, -0.2) is 24.8 Å². The first kappa shape index (κ1) is 12.0. The molecule has 1 aromatic carbocycles. The van der Waals surface area contributed by atoms with Crippen LogP contribution in [0.4, 0.5) is 5.69 Å². The first-order valence-electron chi connectivity index (χ1n) is 4.39. The van der Waals surface area contributed by atoms with Gasteiger partial charge in [-0.3, -0.25) is 14.9 Å². The van der Waals surface area contributed by atoms with E-state index < -0.39 is 15.4 Å². The molecular weight excluding hydrogens is 218 g/mol. The number of nitrogens with one attached hydrogen (secondary N) is 1. The highest BCUT2D eigenvalue weighted by molar-refractivity contribution is 7.86. The molecule has 0 bridgehead atoms. The van der Waals surface area contributed by atoms with Gasteiger partial charge in [-0.2, -0.15) is 8.42 Å². The van der Waals surface area contributed by atoms with Gasteiger partial charge in [-0.15, -0.1) is 0 Å². The molecule has 15 heavy (non-hydrogen) atoms. The smallest absolute Gasteiger partial charge is 0.269 e. The molecule has 6 heteroatoms. The molecule has 0 saturated heterocycles. The fourth-order valence-electron chi connectivity index (χ4n) is 0.835. The highest BCUT2D eigenvalue weighted by Crippen LogP contribution is 2.05. The zero-order valence-electron chi connectivity index (χ0n) is 8.25. The number of rotatable bonds is 5. The molecule has 5 nitrogen and oxygen atoms in total. The Hall–Kier alpha value is -1.11. The Kier molecular flexibility index (Phi) is 4.07. The van der Waals surface area contributed by atoms with Crippen molar-refractivity contribution in [1.29, 1.82) is 0 Å². The van der Waals surface area contributed by atoms with E-state index in [-0.39, 0.29) is 6.61 Å². The summed E-state index contributed by atoms with van der Waals surface area (Å²) in [5.41, 5.74) is 3.29. The Bertz CT molecular complexity index is 390. The highest BCUT2D eigenvalue weighted by Gasteiger charge is 2.17. The average Bonchev–Trinajstić information content (AvgIpc) is 2.18. The lowest BCUT2D eigenvalue weighted by molar-refractivity contribution is 0.193. The largest absolute Gasteiger partial charge is 0.285 e. The van der Waals surface area contributed by atoms with E-state index in [0.717, 1.165) is 5.69 Å². The Morgan fingerprint density at radius 3 is 2.53 bits per heavy atom. The highest BCUT2D eigenvalue weighted by atomic mass is 32.2. The van der Waals surface area contributed by atoms with Crippen molar-refractivity contribution in [3.05, 3.63) is 30.3 Å². The number of hydrogen-bond acceptors (Lipinski definition) is 4. The minimum atomic E-state index is -4.02. The SMILES string of the molecule is CC(CONc1ccccc1)S(=O)(=O)O. The molecule has 1 atom stereocenters. The fourth-order valence-corrected chi connectivity index (χ4v) is 1.07. The third-order valence-corrected chi connectivity index (χ3v) is 2.94. The topological polar surface area (TPSA) is 75.6 Å². The molecule has 1 aromatic rings.